The van der Waals surface area contributed by atoms with Crippen LogP contribution in [0.3, 0.4) is 0 Å². The lowest BCUT2D eigenvalue weighted by Crippen LogP contribution is -2.44. The van der Waals surface area contributed by atoms with Crippen molar-refractivity contribution in [3.8, 4) is 11.5 Å². The molecule has 0 saturated heterocycles. The van der Waals surface area contributed by atoms with Gasteiger partial charge in [-0.2, -0.15) is 0 Å². The fraction of sp³-hybridized carbons (Fsp3) is 0.385. The molecule has 45 heavy (non-hydrogen) atoms. The highest BCUT2D eigenvalue weighted by molar-refractivity contribution is 9.10. The van der Waals surface area contributed by atoms with Crippen molar-refractivity contribution in [1.29, 1.82) is 0 Å². The molecule has 0 unspecified atom stereocenters. The van der Waals surface area contributed by atoms with E-state index in [1.54, 1.807) is 0 Å². The monoisotopic (exact) mass is 667 g/mol. The van der Waals surface area contributed by atoms with Crippen LogP contribution in [-0.2, 0) is 22.7 Å². The Bertz CT molecular complexity index is 1650. The fourth-order valence-corrected chi connectivity index (χ4v) is 7.60. The maximum atomic E-state index is 14.2. The molecule has 0 bridgehead atoms. The summed E-state index contributed by atoms with van der Waals surface area (Å²) in [5.74, 6) is 1.06. The largest absolute Gasteiger partial charge is 0.490 e. The van der Waals surface area contributed by atoms with Gasteiger partial charge in [0.25, 0.3) is 0 Å². The molecule has 0 fully saturated rings. The Labute approximate surface area is 275 Å². The number of ketones is 2. The smallest absolute Gasteiger partial charge is 0.162 e. The molecule has 6 rings (SSSR count). The zero-order valence-electron chi connectivity index (χ0n) is 26.9. The van der Waals surface area contributed by atoms with Gasteiger partial charge in [-0.1, -0.05) is 98.2 Å². The molecule has 5 nitrogen and oxygen atoms in total. The summed E-state index contributed by atoms with van der Waals surface area (Å²) in [6.45, 7) is 12.1. The van der Waals surface area contributed by atoms with E-state index < -0.39 is 5.92 Å². The summed E-state index contributed by atoms with van der Waals surface area (Å²) in [6, 6.07) is 24.3. The average molecular weight is 669 g/mol. The molecule has 6 heteroatoms. The third-order valence-corrected chi connectivity index (χ3v) is 9.92. The molecule has 0 atom stereocenters. The van der Waals surface area contributed by atoms with Crippen molar-refractivity contribution in [2.75, 3.05) is 6.61 Å². The average Bonchev–Trinajstić information content (AvgIpc) is 2.97. The second-order valence-corrected chi connectivity index (χ2v) is 15.0. The highest BCUT2D eigenvalue weighted by atomic mass is 79.9. The Morgan fingerprint density at radius 1 is 0.756 bits per heavy atom. The lowest BCUT2D eigenvalue weighted by atomic mass is 9.63. The second kappa shape index (κ2) is 12.3. The van der Waals surface area contributed by atoms with Crippen LogP contribution in [0.4, 0.5) is 0 Å². The fourth-order valence-electron chi connectivity index (χ4n) is 7.20. The Hall–Kier alpha value is -3.64. The molecule has 0 radical (unpaired) electrons. The number of Topliss-reactive ketones (excluding diaryl/α,β-unsaturated/α-hetero) is 2. The van der Waals surface area contributed by atoms with E-state index in [1.165, 1.54) is 0 Å². The van der Waals surface area contributed by atoms with Crippen molar-refractivity contribution < 1.29 is 19.1 Å². The van der Waals surface area contributed by atoms with Gasteiger partial charge >= 0.3 is 0 Å². The van der Waals surface area contributed by atoms with Crippen molar-refractivity contribution in [2.24, 2.45) is 10.8 Å². The quantitative estimate of drug-likeness (QED) is 0.240. The zero-order valence-corrected chi connectivity index (χ0v) is 28.5. The van der Waals surface area contributed by atoms with E-state index in [1.807, 2.05) is 67.6 Å². The van der Waals surface area contributed by atoms with E-state index in [-0.39, 0.29) is 22.4 Å². The van der Waals surface area contributed by atoms with Gasteiger partial charge in [-0.05, 0) is 59.9 Å². The van der Waals surface area contributed by atoms with Gasteiger partial charge in [0.1, 0.15) is 6.61 Å². The summed E-state index contributed by atoms with van der Waals surface area (Å²) >= 11 is 3.61. The molecule has 0 saturated carbocycles. The molecule has 1 heterocycles. The number of rotatable bonds is 8. The minimum Gasteiger partial charge on any atom is -0.490 e. The van der Waals surface area contributed by atoms with Gasteiger partial charge in [0, 0.05) is 57.9 Å². The predicted molar refractivity (Wildman–Crippen MR) is 181 cm³/mol. The number of carbonyl (C=O) groups is 2. The molecule has 1 aliphatic heterocycles. The standard InChI is InChI=1S/C39H42BrNO4/c1-6-44-34-18-26(16-17-33(34)45-24-27-14-10-11-15-28(27)40)35-36-29(19-38(2,3)21-31(36)42)41(23-25-12-8-7-9-13-25)30-20-39(4,5)22-32(43)37(30)35/h7-18,35H,6,19-24H2,1-5H3. The van der Waals surface area contributed by atoms with Gasteiger partial charge in [-0.15, -0.1) is 0 Å². The highest BCUT2D eigenvalue weighted by Gasteiger charge is 2.49. The molecule has 0 aromatic heterocycles. The van der Waals surface area contributed by atoms with E-state index in [9.17, 15) is 9.59 Å². The molecule has 0 amide bonds. The lowest BCUT2D eigenvalue weighted by molar-refractivity contribution is -0.119. The van der Waals surface area contributed by atoms with Crippen LogP contribution in [0.15, 0.2) is 99.8 Å². The Morgan fingerprint density at radius 3 is 1.96 bits per heavy atom. The third-order valence-electron chi connectivity index (χ3n) is 9.15. The van der Waals surface area contributed by atoms with Gasteiger partial charge in [0.15, 0.2) is 23.1 Å². The van der Waals surface area contributed by atoms with Crippen molar-refractivity contribution in [3.05, 3.63) is 116 Å². The van der Waals surface area contributed by atoms with Crippen molar-refractivity contribution >= 4 is 27.5 Å². The molecule has 3 aliphatic rings. The lowest BCUT2D eigenvalue weighted by Gasteiger charge is -2.49. The highest BCUT2D eigenvalue weighted by Crippen LogP contribution is 2.55. The van der Waals surface area contributed by atoms with Crippen LogP contribution >= 0.6 is 15.9 Å². The summed E-state index contributed by atoms with van der Waals surface area (Å²) in [6.07, 6.45) is 2.45. The summed E-state index contributed by atoms with van der Waals surface area (Å²) in [5, 5.41) is 0. The molecular weight excluding hydrogens is 626 g/mol. The van der Waals surface area contributed by atoms with Crippen LogP contribution in [0.1, 0.15) is 82.9 Å². The van der Waals surface area contributed by atoms with Gasteiger partial charge < -0.3 is 14.4 Å². The number of nitrogens with zero attached hydrogens (tertiary/aromatic N) is 1. The van der Waals surface area contributed by atoms with Gasteiger partial charge in [-0.3, -0.25) is 9.59 Å². The van der Waals surface area contributed by atoms with E-state index in [4.69, 9.17) is 9.47 Å². The number of hydrogen-bond donors (Lipinski definition) is 0. The third kappa shape index (κ3) is 6.40. The van der Waals surface area contributed by atoms with Gasteiger partial charge in [0.05, 0.1) is 6.61 Å². The SMILES string of the molecule is CCOc1cc(C2C3=C(CC(C)(C)CC3=O)N(Cc3ccccc3)C3=C2C(=O)CC(C)(C)C3)ccc1OCc1ccccc1Br. The Morgan fingerprint density at radius 2 is 1.36 bits per heavy atom. The van der Waals surface area contributed by atoms with E-state index >= 15 is 0 Å². The number of halogens is 1. The first-order chi connectivity index (χ1) is 21.5. The summed E-state index contributed by atoms with van der Waals surface area (Å²) < 4.78 is 13.4. The predicted octanol–water partition coefficient (Wildman–Crippen LogP) is 9.31. The van der Waals surface area contributed by atoms with Crippen LogP contribution < -0.4 is 9.47 Å². The topological polar surface area (TPSA) is 55.8 Å². The van der Waals surface area contributed by atoms with Crippen LogP contribution in [-0.4, -0.2) is 23.1 Å². The van der Waals surface area contributed by atoms with Gasteiger partial charge in [0.2, 0.25) is 0 Å². The number of hydrogen-bond acceptors (Lipinski definition) is 5. The van der Waals surface area contributed by atoms with E-state index in [0.717, 1.165) is 56.5 Å². The summed E-state index contributed by atoms with van der Waals surface area (Å²) in [5.41, 5.74) is 6.37. The maximum absolute atomic E-state index is 14.2. The van der Waals surface area contributed by atoms with Crippen molar-refractivity contribution in [2.45, 2.75) is 79.4 Å². The molecule has 234 valence electrons. The van der Waals surface area contributed by atoms with Crippen LogP contribution in [0.2, 0.25) is 0 Å². The number of benzene rings is 3. The van der Waals surface area contributed by atoms with Crippen LogP contribution in [0, 0.1) is 10.8 Å². The molecular formula is C39H42BrNO4. The summed E-state index contributed by atoms with van der Waals surface area (Å²) in [7, 11) is 0. The van der Waals surface area contributed by atoms with Crippen molar-refractivity contribution in [3.63, 3.8) is 0 Å². The summed E-state index contributed by atoms with van der Waals surface area (Å²) in [4.78, 5) is 30.8. The minimum atomic E-state index is -0.439. The molecule has 3 aromatic carbocycles. The zero-order chi connectivity index (χ0) is 31.9. The molecule has 2 aliphatic carbocycles. The minimum absolute atomic E-state index is 0.126. The normalized spacial score (nSPS) is 19.4. The van der Waals surface area contributed by atoms with Gasteiger partial charge in [-0.25, -0.2) is 0 Å². The van der Waals surface area contributed by atoms with Crippen LogP contribution in [0.25, 0.3) is 0 Å². The number of ether oxygens (including phenoxy) is 2. The Balaban J connectivity index is 1.49. The van der Waals surface area contributed by atoms with E-state index in [2.05, 4.69) is 60.7 Å². The van der Waals surface area contributed by atoms with Crippen LogP contribution in [0.5, 0.6) is 11.5 Å². The first kappa shape index (κ1) is 31.3. The molecule has 3 aromatic rings. The van der Waals surface area contributed by atoms with E-state index in [0.29, 0.717) is 44.1 Å². The maximum Gasteiger partial charge on any atom is 0.162 e. The number of carbonyl (C=O) groups excluding carboxylic acids is 2. The Kier molecular flexibility index (Phi) is 8.55. The first-order valence-corrected chi connectivity index (χ1v) is 16.7. The van der Waals surface area contributed by atoms with Crippen molar-refractivity contribution in [1.82, 2.24) is 4.90 Å². The second-order valence-electron chi connectivity index (χ2n) is 14.1. The number of allylic oxidation sites excluding steroid dienone is 4. The first-order valence-electron chi connectivity index (χ1n) is 15.9. The molecule has 0 N–H and O–H groups in total. The molecule has 0 spiro atoms.